The van der Waals surface area contributed by atoms with Gasteiger partial charge >= 0.3 is 6.18 Å². The minimum atomic E-state index is -4.71. The first kappa shape index (κ1) is 29.0. The molecule has 2 heterocycles. The van der Waals surface area contributed by atoms with Gasteiger partial charge in [0.2, 0.25) is 11.8 Å². The van der Waals surface area contributed by atoms with Gasteiger partial charge in [0.15, 0.2) is 11.9 Å². The van der Waals surface area contributed by atoms with Gasteiger partial charge in [-0.25, -0.2) is 8.78 Å². The van der Waals surface area contributed by atoms with Gasteiger partial charge in [0, 0.05) is 37.2 Å². The highest BCUT2D eigenvalue weighted by Crippen LogP contribution is 2.39. The van der Waals surface area contributed by atoms with Gasteiger partial charge in [-0.05, 0) is 42.9 Å². The summed E-state index contributed by atoms with van der Waals surface area (Å²) < 4.78 is 69.7. The molecule has 0 spiro atoms. The van der Waals surface area contributed by atoms with E-state index in [1.807, 2.05) is 0 Å². The second kappa shape index (κ2) is 11.2. The molecule has 214 valence electrons. The molecule has 0 aliphatic heterocycles. The van der Waals surface area contributed by atoms with E-state index in [1.54, 1.807) is 6.92 Å². The Balaban J connectivity index is 1.59. The summed E-state index contributed by atoms with van der Waals surface area (Å²) in [6, 6.07) is 4.71. The maximum absolute atomic E-state index is 14.3. The Morgan fingerprint density at radius 2 is 1.93 bits per heavy atom. The number of anilines is 1. The number of hydrogen-bond acceptors (Lipinski definition) is 4. The highest BCUT2D eigenvalue weighted by molar-refractivity contribution is 6.01. The van der Waals surface area contributed by atoms with Crippen LogP contribution in [0.3, 0.4) is 0 Å². The van der Waals surface area contributed by atoms with Gasteiger partial charge in [0.25, 0.3) is 5.91 Å². The zero-order valence-electron chi connectivity index (χ0n) is 21.7. The largest absolute Gasteiger partial charge is 0.618 e. The summed E-state index contributed by atoms with van der Waals surface area (Å²) in [6.07, 6.45) is -2.60. The van der Waals surface area contributed by atoms with Crippen molar-refractivity contribution < 1.29 is 36.3 Å². The van der Waals surface area contributed by atoms with Crippen LogP contribution in [0.15, 0.2) is 42.7 Å². The molecular formula is C27H28F5N5O3. The van der Waals surface area contributed by atoms with Crippen LogP contribution in [0.5, 0.6) is 0 Å². The van der Waals surface area contributed by atoms with Gasteiger partial charge in [0.05, 0.1) is 22.9 Å². The van der Waals surface area contributed by atoms with Gasteiger partial charge in [-0.2, -0.15) is 23.0 Å². The highest BCUT2D eigenvalue weighted by Gasteiger charge is 2.42. The first-order chi connectivity index (χ1) is 18.8. The molecule has 0 bridgehead atoms. The normalized spacial score (nSPS) is 17.7. The fourth-order valence-corrected chi connectivity index (χ4v) is 5.07. The van der Waals surface area contributed by atoms with Crippen LogP contribution in [0, 0.1) is 18.0 Å². The molecule has 0 radical (unpaired) electrons. The number of pyridine rings is 1. The number of amides is 2. The van der Waals surface area contributed by atoms with Crippen LogP contribution in [0.4, 0.5) is 27.6 Å². The van der Waals surface area contributed by atoms with E-state index >= 15 is 0 Å². The van der Waals surface area contributed by atoms with Crippen molar-refractivity contribution in [2.24, 2.45) is 5.92 Å². The third-order valence-electron chi connectivity index (χ3n) is 7.12. The summed E-state index contributed by atoms with van der Waals surface area (Å²) in [6.45, 7) is 3.06. The van der Waals surface area contributed by atoms with Crippen LogP contribution < -0.4 is 15.4 Å². The van der Waals surface area contributed by atoms with Gasteiger partial charge in [-0.1, -0.05) is 19.1 Å². The topological polar surface area (TPSA) is 114 Å². The average molecular weight is 566 g/mol. The molecule has 0 unspecified atom stereocenters. The number of carbonyl (C=O) groups excluding carboxylic acids is 2. The number of hydrogen-bond donors (Lipinski definition) is 3. The van der Waals surface area contributed by atoms with Crippen LogP contribution in [0.1, 0.15) is 59.9 Å². The minimum absolute atomic E-state index is 0.0943. The number of rotatable bonds is 7. The van der Waals surface area contributed by atoms with Crippen molar-refractivity contribution in [3.8, 4) is 11.1 Å². The van der Waals surface area contributed by atoms with E-state index < -0.39 is 47.9 Å². The summed E-state index contributed by atoms with van der Waals surface area (Å²) in [5.41, 5.74) is -0.457. The number of halogens is 5. The molecule has 1 aliphatic carbocycles. The number of aryl methyl sites for hydroxylation is 1. The van der Waals surface area contributed by atoms with E-state index in [-0.39, 0.29) is 40.9 Å². The fraction of sp³-hybridized carbons (Fsp3) is 0.407. The molecule has 2 atom stereocenters. The third kappa shape index (κ3) is 6.23. The molecule has 2 aromatic heterocycles. The Kier molecular flexibility index (Phi) is 8.13. The number of aromatic amines is 1. The summed E-state index contributed by atoms with van der Waals surface area (Å²) in [5, 5.41) is 23.7. The fourth-order valence-electron chi connectivity index (χ4n) is 5.07. The molecule has 40 heavy (non-hydrogen) atoms. The predicted octanol–water partition coefficient (Wildman–Crippen LogP) is 5.16. The molecule has 3 aromatic rings. The van der Waals surface area contributed by atoms with Crippen molar-refractivity contribution in [1.29, 1.82) is 0 Å². The van der Waals surface area contributed by atoms with E-state index in [2.05, 4.69) is 20.8 Å². The van der Waals surface area contributed by atoms with Crippen molar-refractivity contribution in [3.63, 3.8) is 0 Å². The second-order valence-corrected chi connectivity index (χ2v) is 9.86. The maximum Gasteiger partial charge on any atom is 0.417 e. The maximum atomic E-state index is 14.3. The van der Waals surface area contributed by atoms with E-state index in [0.717, 1.165) is 6.20 Å². The van der Waals surface area contributed by atoms with Crippen LogP contribution in [0.25, 0.3) is 11.1 Å². The van der Waals surface area contributed by atoms with Crippen molar-refractivity contribution in [2.75, 3.05) is 5.32 Å². The van der Waals surface area contributed by atoms with E-state index in [9.17, 15) is 36.7 Å². The molecule has 8 nitrogen and oxygen atoms in total. The second-order valence-electron chi connectivity index (χ2n) is 9.86. The molecule has 1 saturated carbocycles. The zero-order valence-corrected chi connectivity index (χ0v) is 21.7. The summed E-state index contributed by atoms with van der Waals surface area (Å²) in [5.74, 6) is -5.22. The number of alkyl halides is 5. The molecule has 1 fully saturated rings. The van der Waals surface area contributed by atoms with Gasteiger partial charge < -0.3 is 15.8 Å². The summed E-state index contributed by atoms with van der Waals surface area (Å²) in [7, 11) is 0. The number of H-pyrrole nitrogens is 1. The number of nitrogens with zero attached hydrogens (tertiary/aromatic N) is 2. The van der Waals surface area contributed by atoms with Gasteiger partial charge in [0.1, 0.15) is 6.04 Å². The molecule has 4 rings (SSSR count). The number of carbonyl (C=O) groups is 2. The van der Waals surface area contributed by atoms with Crippen LogP contribution in [-0.4, -0.2) is 34.0 Å². The van der Waals surface area contributed by atoms with Crippen molar-refractivity contribution in [3.05, 3.63) is 70.4 Å². The lowest BCUT2D eigenvalue weighted by Gasteiger charge is -2.34. The van der Waals surface area contributed by atoms with Crippen molar-refractivity contribution in [2.45, 2.75) is 64.1 Å². The van der Waals surface area contributed by atoms with Crippen LogP contribution >= 0.6 is 0 Å². The third-order valence-corrected chi connectivity index (χ3v) is 7.12. The number of aromatic nitrogens is 3. The zero-order chi connectivity index (χ0) is 29.2. The lowest BCUT2D eigenvalue weighted by Crippen LogP contribution is -2.51. The molecule has 1 aromatic carbocycles. The van der Waals surface area contributed by atoms with Crippen LogP contribution in [-0.2, 0) is 17.4 Å². The molecule has 0 saturated heterocycles. The first-order valence-corrected chi connectivity index (χ1v) is 12.7. The lowest BCUT2D eigenvalue weighted by atomic mass is 9.81. The number of benzene rings is 1. The van der Waals surface area contributed by atoms with Gasteiger partial charge in [-0.3, -0.25) is 14.7 Å². The standard InChI is InChI=1S/C27H28F5N5O3/c1-3-21-19(14-33-36-21)24(38)35-23(17-5-4-11-26(28,29)13-17)25(39)34-18-8-6-16(7-9-18)22-15(2)37(40)12-10-20(22)27(30,31)32/h6-10,12,14,17,23H,3-5,11,13H2,1-2H3,(H,33,36)(H,34,39)(H,35,38)/t17-,23+/m1/s1. The van der Waals surface area contributed by atoms with Crippen molar-refractivity contribution >= 4 is 17.5 Å². The molecule has 1 aliphatic rings. The monoisotopic (exact) mass is 565 g/mol. The smallest absolute Gasteiger partial charge is 0.417 e. The van der Waals surface area contributed by atoms with Crippen molar-refractivity contribution in [1.82, 2.24) is 15.5 Å². The lowest BCUT2D eigenvalue weighted by molar-refractivity contribution is -0.611. The van der Waals surface area contributed by atoms with E-state index in [1.165, 1.54) is 37.4 Å². The quantitative estimate of drug-likeness (QED) is 0.209. The Labute approximate surface area is 226 Å². The Morgan fingerprint density at radius 3 is 2.55 bits per heavy atom. The first-order valence-electron chi connectivity index (χ1n) is 12.7. The molecule has 13 heteroatoms. The minimum Gasteiger partial charge on any atom is -0.618 e. The number of nitrogens with one attached hydrogen (secondary N) is 3. The summed E-state index contributed by atoms with van der Waals surface area (Å²) in [4.78, 5) is 26.3. The predicted molar refractivity (Wildman–Crippen MR) is 135 cm³/mol. The Morgan fingerprint density at radius 1 is 1.23 bits per heavy atom. The Hall–Kier alpha value is -4.03. The molecule has 3 N–H and O–H groups in total. The molecular weight excluding hydrogens is 537 g/mol. The van der Waals surface area contributed by atoms with Gasteiger partial charge in [-0.15, -0.1) is 0 Å². The van der Waals surface area contributed by atoms with E-state index in [4.69, 9.17) is 0 Å². The molecule has 2 amide bonds. The van der Waals surface area contributed by atoms with E-state index in [0.29, 0.717) is 29.3 Å². The average Bonchev–Trinajstić information content (AvgIpc) is 3.37. The Bertz CT molecular complexity index is 1390. The highest BCUT2D eigenvalue weighted by atomic mass is 19.4. The van der Waals surface area contributed by atoms with Crippen LogP contribution in [0.2, 0.25) is 0 Å². The summed E-state index contributed by atoms with van der Waals surface area (Å²) >= 11 is 0. The SMILES string of the molecule is CCc1[nH]ncc1C(=O)N[C@H](C(=O)Nc1ccc(-c2c(C(F)(F)F)cc[n+]([O-])c2C)cc1)[C@@H]1CCCC(F)(F)C1.